The van der Waals surface area contributed by atoms with Gasteiger partial charge < -0.3 is 4.74 Å². The second-order valence-electron chi connectivity index (χ2n) is 4.68. The van der Waals surface area contributed by atoms with Crippen LogP contribution >= 0.6 is 0 Å². The van der Waals surface area contributed by atoms with Crippen LogP contribution in [0.3, 0.4) is 0 Å². The van der Waals surface area contributed by atoms with Crippen molar-refractivity contribution in [2.45, 2.75) is 51.6 Å². The van der Waals surface area contributed by atoms with E-state index in [1.165, 1.54) is 19.3 Å². The molecule has 0 aromatic rings. The minimum atomic E-state index is 0.223. The zero-order chi connectivity index (χ0) is 9.97. The molecule has 0 N–H and O–H groups in total. The van der Waals surface area contributed by atoms with Gasteiger partial charge in [0.05, 0.1) is 6.10 Å². The molecule has 0 aromatic carbocycles. The van der Waals surface area contributed by atoms with E-state index in [0.29, 0.717) is 11.7 Å². The molecule has 0 amide bonds. The average Bonchev–Trinajstić information content (AvgIpc) is 2.58. The van der Waals surface area contributed by atoms with Crippen molar-refractivity contribution in [1.82, 2.24) is 0 Å². The predicted octanol–water partition coefficient (Wildman–Crippen LogP) is 2.56. The van der Waals surface area contributed by atoms with Gasteiger partial charge in [-0.2, -0.15) is 0 Å². The van der Waals surface area contributed by atoms with Crippen LogP contribution in [0.1, 0.15) is 45.4 Å². The maximum Gasteiger partial charge on any atom is 0.138 e. The highest BCUT2D eigenvalue weighted by molar-refractivity contribution is 5.82. The largest absolute Gasteiger partial charge is 0.377 e. The van der Waals surface area contributed by atoms with Crippen LogP contribution in [0.4, 0.5) is 0 Å². The van der Waals surface area contributed by atoms with Crippen molar-refractivity contribution < 1.29 is 9.53 Å². The van der Waals surface area contributed by atoms with Gasteiger partial charge in [-0.3, -0.25) is 4.79 Å². The van der Waals surface area contributed by atoms with Gasteiger partial charge in [0, 0.05) is 18.9 Å². The van der Waals surface area contributed by atoms with Gasteiger partial charge in [-0.25, -0.2) is 0 Å². The lowest BCUT2D eigenvalue weighted by Gasteiger charge is -2.26. The molecule has 2 atom stereocenters. The SMILES string of the molecule is CCC1OCCC1C(=O)CC1CCC1. The van der Waals surface area contributed by atoms with Crippen LogP contribution in [-0.4, -0.2) is 18.5 Å². The van der Waals surface area contributed by atoms with Crippen LogP contribution in [0.25, 0.3) is 0 Å². The second kappa shape index (κ2) is 4.43. The number of ketones is 1. The predicted molar refractivity (Wildman–Crippen MR) is 55.1 cm³/mol. The Balaban J connectivity index is 1.83. The third-order valence-corrected chi connectivity index (χ3v) is 3.74. The highest BCUT2D eigenvalue weighted by Gasteiger charge is 2.34. The summed E-state index contributed by atoms with van der Waals surface area (Å²) >= 11 is 0. The number of hydrogen-bond donors (Lipinski definition) is 0. The standard InChI is InChI=1S/C12H20O2/c1-2-12-10(6-7-14-12)11(13)8-9-4-3-5-9/h9-10,12H,2-8H2,1H3. The molecule has 1 saturated heterocycles. The normalized spacial score (nSPS) is 32.9. The molecule has 1 aliphatic carbocycles. The van der Waals surface area contributed by atoms with Crippen LogP contribution in [0, 0.1) is 11.8 Å². The molecule has 0 spiro atoms. The molecular weight excluding hydrogens is 176 g/mol. The summed E-state index contributed by atoms with van der Waals surface area (Å²) in [7, 11) is 0. The Morgan fingerprint density at radius 1 is 1.36 bits per heavy atom. The fraction of sp³-hybridized carbons (Fsp3) is 0.917. The Morgan fingerprint density at radius 3 is 2.71 bits per heavy atom. The molecule has 1 aliphatic heterocycles. The quantitative estimate of drug-likeness (QED) is 0.690. The number of rotatable bonds is 4. The van der Waals surface area contributed by atoms with Crippen molar-refractivity contribution in [3.63, 3.8) is 0 Å². The fourth-order valence-corrected chi connectivity index (χ4v) is 2.55. The molecule has 2 aliphatic rings. The monoisotopic (exact) mass is 196 g/mol. The number of hydrogen-bond acceptors (Lipinski definition) is 2. The van der Waals surface area contributed by atoms with E-state index in [1.807, 2.05) is 0 Å². The molecule has 1 heterocycles. The van der Waals surface area contributed by atoms with E-state index in [2.05, 4.69) is 6.92 Å². The Labute approximate surface area is 86.0 Å². The van der Waals surface area contributed by atoms with Gasteiger partial charge >= 0.3 is 0 Å². The molecule has 1 saturated carbocycles. The molecule has 2 rings (SSSR count). The number of Topliss-reactive ketones (excluding diaryl/α,β-unsaturated/α-hetero) is 1. The van der Waals surface area contributed by atoms with E-state index in [9.17, 15) is 4.79 Å². The van der Waals surface area contributed by atoms with Crippen LogP contribution in [0.2, 0.25) is 0 Å². The topological polar surface area (TPSA) is 26.3 Å². The lowest BCUT2D eigenvalue weighted by molar-refractivity contribution is -0.126. The molecule has 2 fully saturated rings. The zero-order valence-corrected chi connectivity index (χ0v) is 9.00. The van der Waals surface area contributed by atoms with Crippen LogP contribution in [-0.2, 0) is 9.53 Å². The second-order valence-corrected chi connectivity index (χ2v) is 4.68. The van der Waals surface area contributed by atoms with E-state index < -0.39 is 0 Å². The molecule has 2 nitrogen and oxygen atoms in total. The van der Waals surface area contributed by atoms with E-state index in [1.54, 1.807) is 0 Å². The van der Waals surface area contributed by atoms with Crippen LogP contribution < -0.4 is 0 Å². The summed E-state index contributed by atoms with van der Waals surface area (Å²) in [5.41, 5.74) is 0. The Kier molecular flexibility index (Phi) is 3.22. The minimum Gasteiger partial charge on any atom is -0.377 e. The van der Waals surface area contributed by atoms with Gasteiger partial charge in [0.1, 0.15) is 5.78 Å². The third kappa shape index (κ3) is 2.00. The molecule has 0 bridgehead atoms. The summed E-state index contributed by atoms with van der Waals surface area (Å²) in [6.45, 7) is 2.90. The highest BCUT2D eigenvalue weighted by Crippen LogP contribution is 2.33. The van der Waals surface area contributed by atoms with E-state index in [-0.39, 0.29) is 12.0 Å². The Morgan fingerprint density at radius 2 is 2.14 bits per heavy atom. The summed E-state index contributed by atoms with van der Waals surface area (Å²) in [5, 5.41) is 0. The van der Waals surface area contributed by atoms with Gasteiger partial charge in [0.2, 0.25) is 0 Å². The van der Waals surface area contributed by atoms with Crippen molar-refractivity contribution in [2.24, 2.45) is 11.8 Å². The van der Waals surface area contributed by atoms with Crippen LogP contribution in [0.5, 0.6) is 0 Å². The summed E-state index contributed by atoms with van der Waals surface area (Å²) in [6, 6.07) is 0. The van der Waals surface area contributed by atoms with Crippen molar-refractivity contribution in [3.8, 4) is 0 Å². The first-order chi connectivity index (χ1) is 6.81. The number of ether oxygens (including phenoxy) is 1. The van der Waals surface area contributed by atoms with Crippen molar-refractivity contribution >= 4 is 5.78 Å². The molecule has 80 valence electrons. The number of carbonyl (C=O) groups is 1. The first-order valence-electron chi connectivity index (χ1n) is 5.95. The van der Waals surface area contributed by atoms with E-state index in [4.69, 9.17) is 4.74 Å². The first-order valence-corrected chi connectivity index (χ1v) is 5.95. The molecular formula is C12H20O2. The smallest absolute Gasteiger partial charge is 0.138 e. The molecule has 0 aromatic heterocycles. The van der Waals surface area contributed by atoms with Gasteiger partial charge in [-0.05, 0) is 18.8 Å². The van der Waals surface area contributed by atoms with Crippen molar-refractivity contribution in [1.29, 1.82) is 0 Å². The molecule has 0 radical (unpaired) electrons. The molecule has 14 heavy (non-hydrogen) atoms. The van der Waals surface area contributed by atoms with Gasteiger partial charge in [0.15, 0.2) is 0 Å². The van der Waals surface area contributed by atoms with Gasteiger partial charge in [-0.15, -0.1) is 0 Å². The molecule has 2 heteroatoms. The van der Waals surface area contributed by atoms with E-state index >= 15 is 0 Å². The van der Waals surface area contributed by atoms with Crippen molar-refractivity contribution in [3.05, 3.63) is 0 Å². The third-order valence-electron chi connectivity index (χ3n) is 3.74. The van der Waals surface area contributed by atoms with E-state index in [0.717, 1.165) is 25.9 Å². The zero-order valence-electron chi connectivity index (χ0n) is 9.00. The average molecular weight is 196 g/mol. The first kappa shape index (κ1) is 10.2. The summed E-state index contributed by atoms with van der Waals surface area (Å²) in [5.74, 6) is 1.40. The lowest BCUT2D eigenvalue weighted by atomic mass is 9.78. The Bertz CT molecular complexity index is 208. The summed E-state index contributed by atoms with van der Waals surface area (Å²) < 4.78 is 5.55. The maximum atomic E-state index is 11.9. The highest BCUT2D eigenvalue weighted by atomic mass is 16.5. The van der Waals surface area contributed by atoms with Crippen molar-refractivity contribution in [2.75, 3.05) is 6.61 Å². The lowest BCUT2D eigenvalue weighted by Crippen LogP contribution is -2.27. The summed E-state index contributed by atoms with van der Waals surface area (Å²) in [4.78, 5) is 11.9. The number of carbonyl (C=O) groups excluding carboxylic acids is 1. The fourth-order valence-electron chi connectivity index (χ4n) is 2.55. The molecule has 2 unspecified atom stereocenters. The summed E-state index contributed by atoms with van der Waals surface area (Å²) in [6.07, 6.45) is 6.88. The van der Waals surface area contributed by atoms with Crippen LogP contribution in [0.15, 0.2) is 0 Å². The Hall–Kier alpha value is -0.370. The van der Waals surface area contributed by atoms with Gasteiger partial charge in [-0.1, -0.05) is 26.2 Å². The maximum absolute atomic E-state index is 11.9. The minimum absolute atomic E-state index is 0.223. The van der Waals surface area contributed by atoms with Gasteiger partial charge in [0.25, 0.3) is 0 Å².